The van der Waals surface area contributed by atoms with Crippen LogP contribution in [-0.2, 0) is 9.31 Å². The summed E-state index contributed by atoms with van der Waals surface area (Å²) in [4.78, 5) is 0. The Balaban J connectivity index is 2.98. The first-order valence-corrected chi connectivity index (χ1v) is 10.3. The molecule has 0 fully saturated rings. The average molecular weight is 290 g/mol. The van der Waals surface area contributed by atoms with Crippen LogP contribution in [-0.4, -0.2) is 27.4 Å². The van der Waals surface area contributed by atoms with Gasteiger partial charge < -0.3 is 9.31 Å². The second kappa shape index (κ2) is 7.25. The van der Waals surface area contributed by atoms with Crippen molar-refractivity contribution in [1.82, 2.24) is 0 Å². The predicted octanol–water partition coefficient (Wildman–Crippen LogP) is 3.57. The molecule has 0 aliphatic rings. The van der Waals surface area contributed by atoms with Crippen molar-refractivity contribution in [3.05, 3.63) is 42.0 Å². The summed E-state index contributed by atoms with van der Waals surface area (Å²) in [7, 11) is -2.15. The minimum atomic E-state index is -1.82. The average Bonchev–Trinajstić information content (AvgIpc) is 2.37. The van der Waals surface area contributed by atoms with Gasteiger partial charge >= 0.3 is 7.12 Å². The summed E-state index contributed by atoms with van der Waals surface area (Å²) >= 11 is 0. The van der Waals surface area contributed by atoms with Crippen LogP contribution >= 0.6 is 0 Å². The lowest BCUT2D eigenvalue weighted by Crippen LogP contribution is -2.50. The number of rotatable bonds is 7. The summed E-state index contributed by atoms with van der Waals surface area (Å²) in [5.74, 6) is 0. The topological polar surface area (TPSA) is 18.5 Å². The van der Waals surface area contributed by atoms with Crippen LogP contribution in [0.15, 0.2) is 42.0 Å². The Bertz CT molecular complexity index is 419. The Morgan fingerprint density at radius 1 is 1.00 bits per heavy atom. The van der Waals surface area contributed by atoms with E-state index in [1.165, 1.54) is 5.19 Å². The molecule has 0 heterocycles. The van der Waals surface area contributed by atoms with E-state index < -0.39 is 8.07 Å². The normalized spacial score (nSPS) is 12.0. The highest BCUT2D eigenvalue weighted by Gasteiger charge is 2.37. The van der Waals surface area contributed by atoms with Gasteiger partial charge in [0.2, 0.25) is 0 Å². The summed E-state index contributed by atoms with van der Waals surface area (Å²) < 4.78 is 11.9. The van der Waals surface area contributed by atoms with Gasteiger partial charge in [-0.3, -0.25) is 0 Å². The molecule has 0 aliphatic heterocycles. The summed E-state index contributed by atoms with van der Waals surface area (Å²) in [5, 5.41) is 2.45. The monoisotopic (exact) mass is 290 g/mol. The maximum atomic E-state index is 5.94. The van der Waals surface area contributed by atoms with Gasteiger partial charge in [0.15, 0.2) is 0 Å². The molecule has 20 heavy (non-hydrogen) atoms. The third-order valence-corrected chi connectivity index (χ3v) is 6.99. The molecule has 1 rings (SSSR count). The fourth-order valence-corrected chi connectivity index (χ4v) is 4.15. The molecule has 0 saturated carbocycles. The lowest BCUT2D eigenvalue weighted by molar-refractivity contribution is 0.137. The summed E-state index contributed by atoms with van der Waals surface area (Å²) in [5.41, 5.74) is 0. The van der Waals surface area contributed by atoms with E-state index in [4.69, 9.17) is 9.31 Å². The van der Waals surface area contributed by atoms with E-state index in [2.05, 4.69) is 43.9 Å². The minimum Gasteiger partial charge on any atom is -0.406 e. The van der Waals surface area contributed by atoms with Crippen LogP contribution in [0.3, 0.4) is 0 Å². The van der Waals surface area contributed by atoms with Crippen LogP contribution in [0.5, 0.6) is 0 Å². The van der Waals surface area contributed by atoms with Gasteiger partial charge in [-0.05, 0) is 27.7 Å². The summed E-state index contributed by atoms with van der Waals surface area (Å²) in [6, 6.07) is 10.6. The van der Waals surface area contributed by atoms with E-state index in [1.807, 2.05) is 33.8 Å². The molecule has 0 aromatic heterocycles. The van der Waals surface area contributed by atoms with Crippen LogP contribution in [0, 0.1) is 0 Å². The molecule has 110 valence electrons. The van der Waals surface area contributed by atoms with Crippen molar-refractivity contribution < 1.29 is 9.31 Å². The highest BCUT2D eigenvalue weighted by atomic mass is 28.3. The number of hydrogen-bond donors (Lipinski definition) is 0. The maximum absolute atomic E-state index is 5.94. The second-order valence-corrected chi connectivity index (χ2v) is 10.7. The third-order valence-electron chi connectivity index (χ3n) is 3.37. The van der Waals surface area contributed by atoms with Crippen LogP contribution < -0.4 is 5.19 Å². The van der Waals surface area contributed by atoms with Gasteiger partial charge in [0.25, 0.3) is 0 Å². The molecule has 2 nitrogen and oxygen atoms in total. The van der Waals surface area contributed by atoms with E-state index in [9.17, 15) is 0 Å². The standard InChI is InChI=1S/C16H27BO2Si/c1-13(2)18-17(19-14(3)4)15(5)20(6,7)16-11-9-8-10-12-16/h8-14H,5H2,1-4,6-7H3. The first-order valence-electron chi connectivity index (χ1n) is 7.31. The first kappa shape index (κ1) is 17.2. The molecule has 0 unspecified atom stereocenters. The zero-order chi connectivity index (χ0) is 15.3. The Labute approximate surface area is 125 Å². The van der Waals surface area contributed by atoms with E-state index in [0.717, 1.165) is 5.10 Å². The van der Waals surface area contributed by atoms with Gasteiger partial charge in [-0.2, -0.15) is 0 Å². The Kier molecular flexibility index (Phi) is 6.24. The van der Waals surface area contributed by atoms with Crippen molar-refractivity contribution in [2.24, 2.45) is 0 Å². The second-order valence-electron chi connectivity index (χ2n) is 6.22. The third kappa shape index (κ3) is 4.62. The molecule has 0 atom stereocenters. The van der Waals surface area contributed by atoms with Crippen molar-refractivity contribution in [2.45, 2.75) is 53.0 Å². The van der Waals surface area contributed by atoms with Crippen molar-refractivity contribution in [3.63, 3.8) is 0 Å². The molecule has 0 bridgehead atoms. The van der Waals surface area contributed by atoms with Crippen LogP contribution in [0.4, 0.5) is 0 Å². The Morgan fingerprint density at radius 2 is 1.45 bits per heavy atom. The molecular weight excluding hydrogens is 263 g/mol. The van der Waals surface area contributed by atoms with E-state index in [-0.39, 0.29) is 19.3 Å². The lowest BCUT2D eigenvalue weighted by atomic mass is 9.89. The molecule has 0 saturated heterocycles. The molecule has 0 aliphatic carbocycles. The van der Waals surface area contributed by atoms with Crippen LogP contribution in [0.2, 0.25) is 13.1 Å². The first-order chi connectivity index (χ1) is 9.25. The molecular formula is C16H27BO2Si. The van der Waals surface area contributed by atoms with Gasteiger partial charge in [0.05, 0.1) is 0 Å². The fraction of sp³-hybridized carbons (Fsp3) is 0.500. The van der Waals surface area contributed by atoms with E-state index in [1.54, 1.807) is 0 Å². The summed E-state index contributed by atoms with van der Waals surface area (Å²) in [6.07, 6.45) is 0.243. The quantitative estimate of drug-likeness (QED) is 0.715. The SMILES string of the molecule is C=C(B(OC(C)C)OC(C)C)[Si](C)(C)c1ccccc1. The molecule has 1 aromatic carbocycles. The van der Waals surface area contributed by atoms with E-state index in [0.29, 0.717) is 0 Å². The smallest absolute Gasteiger partial charge is 0.406 e. The van der Waals surface area contributed by atoms with Gasteiger partial charge in [0, 0.05) is 12.2 Å². The van der Waals surface area contributed by atoms with Crippen LogP contribution in [0.1, 0.15) is 27.7 Å². The zero-order valence-corrected chi connectivity index (χ0v) is 14.6. The van der Waals surface area contributed by atoms with Gasteiger partial charge in [0.1, 0.15) is 8.07 Å². The summed E-state index contributed by atoms with van der Waals surface area (Å²) in [6.45, 7) is 17.0. The molecule has 4 heteroatoms. The van der Waals surface area contributed by atoms with Gasteiger partial charge in [-0.1, -0.05) is 53.7 Å². The molecule has 0 N–H and O–H groups in total. The van der Waals surface area contributed by atoms with Gasteiger partial charge in [-0.25, -0.2) is 0 Å². The zero-order valence-electron chi connectivity index (χ0n) is 13.6. The minimum absolute atomic E-state index is 0.121. The predicted molar refractivity (Wildman–Crippen MR) is 90.9 cm³/mol. The van der Waals surface area contributed by atoms with Crippen LogP contribution in [0.25, 0.3) is 0 Å². The molecule has 0 radical (unpaired) electrons. The highest BCUT2D eigenvalue weighted by Crippen LogP contribution is 2.19. The lowest BCUT2D eigenvalue weighted by Gasteiger charge is -2.31. The number of benzene rings is 1. The van der Waals surface area contributed by atoms with Crippen molar-refractivity contribution >= 4 is 20.4 Å². The fourth-order valence-electron chi connectivity index (χ4n) is 2.03. The van der Waals surface area contributed by atoms with E-state index >= 15 is 0 Å². The highest BCUT2D eigenvalue weighted by molar-refractivity contribution is 7.04. The van der Waals surface area contributed by atoms with Crippen molar-refractivity contribution in [2.75, 3.05) is 0 Å². The maximum Gasteiger partial charge on any atom is 0.485 e. The Hall–Kier alpha value is -0.838. The van der Waals surface area contributed by atoms with Crippen molar-refractivity contribution in [1.29, 1.82) is 0 Å². The molecule has 1 aromatic rings. The number of hydrogen-bond acceptors (Lipinski definition) is 2. The van der Waals surface area contributed by atoms with Gasteiger partial charge in [-0.15, -0.1) is 6.58 Å². The van der Waals surface area contributed by atoms with Crippen molar-refractivity contribution in [3.8, 4) is 0 Å². The molecule has 0 amide bonds. The molecule has 0 spiro atoms. The largest absolute Gasteiger partial charge is 0.485 e. The Morgan fingerprint density at radius 3 is 1.85 bits per heavy atom.